The second kappa shape index (κ2) is 8.13. The maximum Gasteiger partial charge on any atom is 0.293 e. The van der Waals surface area contributed by atoms with E-state index < -0.39 is 0 Å². The zero-order valence-electron chi connectivity index (χ0n) is 15.6. The molecule has 0 bridgehead atoms. The summed E-state index contributed by atoms with van der Waals surface area (Å²) < 4.78 is 5.22. The Hall–Kier alpha value is -3.34. The van der Waals surface area contributed by atoms with E-state index in [4.69, 9.17) is 4.42 Å². The molecule has 0 spiro atoms. The highest BCUT2D eigenvalue weighted by Gasteiger charge is 2.27. The summed E-state index contributed by atoms with van der Waals surface area (Å²) in [6.45, 7) is 0.614. The summed E-state index contributed by atoms with van der Waals surface area (Å²) in [6, 6.07) is 19.3. The molecule has 0 radical (unpaired) electrons. The van der Waals surface area contributed by atoms with Gasteiger partial charge in [0.25, 0.3) is 5.91 Å². The van der Waals surface area contributed by atoms with E-state index in [1.54, 1.807) is 17.0 Å². The van der Waals surface area contributed by atoms with Crippen molar-refractivity contribution in [3.05, 3.63) is 83.8 Å². The molecule has 5 heteroatoms. The molecule has 28 heavy (non-hydrogen) atoms. The van der Waals surface area contributed by atoms with Gasteiger partial charge in [0.15, 0.2) is 5.76 Å². The summed E-state index contributed by atoms with van der Waals surface area (Å²) >= 11 is 0. The van der Waals surface area contributed by atoms with Crippen molar-refractivity contribution in [2.45, 2.75) is 25.7 Å². The van der Waals surface area contributed by atoms with Crippen LogP contribution in [0.4, 0.5) is 11.4 Å². The third-order valence-electron chi connectivity index (χ3n) is 4.95. The van der Waals surface area contributed by atoms with Crippen LogP contribution < -0.4 is 10.2 Å². The molecule has 1 aliphatic rings. The zero-order valence-corrected chi connectivity index (χ0v) is 15.6. The Morgan fingerprint density at radius 2 is 1.89 bits per heavy atom. The Labute approximate surface area is 164 Å². The fourth-order valence-electron chi connectivity index (χ4n) is 3.54. The van der Waals surface area contributed by atoms with Gasteiger partial charge in [-0.25, -0.2) is 0 Å². The number of hydrogen-bond donors (Lipinski definition) is 1. The van der Waals surface area contributed by atoms with Crippen molar-refractivity contribution in [1.82, 2.24) is 0 Å². The molecule has 2 heterocycles. The minimum absolute atomic E-state index is 0.0115. The Morgan fingerprint density at radius 1 is 1.04 bits per heavy atom. The highest BCUT2D eigenvalue weighted by molar-refractivity contribution is 6.05. The normalized spacial score (nSPS) is 12.6. The molecule has 1 aromatic heterocycles. The molecule has 2 amide bonds. The van der Waals surface area contributed by atoms with Gasteiger partial charge in [-0.15, -0.1) is 0 Å². The molecule has 3 aromatic rings. The van der Waals surface area contributed by atoms with Crippen LogP contribution in [0, 0.1) is 0 Å². The van der Waals surface area contributed by atoms with Gasteiger partial charge in [-0.1, -0.05) is 30.3 Å². The molecule has 2 aromatic carbocycles. The maximum absolute atomic E-state index is 12.5. The Morgan fingerprint density at radius 3 is 2.68 bits per heavy atom. The summed E-state index contributed by atoms with van der Waals surface area (Å²) in [5, 5.41) is 2.97. The molecule has 0 fully saturated rings. The summed E-state index contributed by atoms with van der Waals surface area (Å²) in [7, 11) is 0. The second-order valence-electron chi connectivity index (χ2n) is 6.91. The first-order valence-corrected chi connectivity index (χ1v) is 9.53. The molecule has 0 unspecified atom stereocenters. The molecular formula is C23H22N2O3. The van der Waals surface area contributed by atoms with E-state index in [1.165, 1.54) is 11.8 Å². The van der Waals surface area contributed by atoms with E-state index in [1.807, 2.05) is 36.4 Å². The molecule has 0 atom stereocenters. The largest absolute Gasteiger partial charge is 0.459 e. The third kappa shape index (κ3) is 3.98. The zero-order chi connectivity index (χ0) is 19.3. The number of carbonyl (C=O) groups is 2. The first-order chi connectivity index (χ1) is 13.7. The molecule has 5 nitrogen and oxygen atoms in total. The van der Waals surface area contributed by atoms with E-state index >= 15 is 0 Å². The van der Waals surface area contributed by atoms with Crippen LogP contribution in [0.2, 0.25) is 0 Å². The lowest BCUT2D eigenvalue weighted by Gasteiger charge is -2.16. The molecule has 0 aliphatic carbocycles. The van der Waals surface area contributed by atoms with Gasteiger partial charge in [0.1, 0.15) is 0 Å². The van der Waals surface area contributed by atoms with Gasteiger partial charge in [0.2, 0.25) is 5.91 Å². The minimum atomic E-state index is -0.138. The minimum Gasteiger partial charge on any atom is -0.459 e. The van der Waals surface area contributed by atoms with Gasteiger partial charge in [-0.2, -0.15) is 0 Å². The van der Waals surface area contributed by atoms with Crippen LogP contribution in [0.3, 0.4) is 0 Å². The molecule has 1 N–H and O–H groups in total. The van der Waals surface area contributed by atoms with Crippen molar-refractivity contribution >= 4 is 23.2 Å². The van der Waals surface area contributed by atoms with Crippen molar-refractivity contribution in [2.24, 2.45) is 0 Å². The number of hydrogen-bond acceptors (Lipinski definition) is 3. The lowest BCUT2D eigenvalue weighted by Crippen LogP contribution is -2.28. The number of rotatable bonds is 6. The molecular weight excluding hydrogens is 352 g/mol. The van der Waals surface area contributed by atoms with Crippen LogP contribution in [-0.2, 0) is 17.6 Å². The number of nitrogens with one attached hydrogen (secondary N) is 1. The van der Waals surface area contributed by atoms with Crippen molar-refractivity contribution in [1.29, 1.82) is 0 Å². The Balaban J connectivity index is 1.34. The van der Waals surface area contributed by atoms with Crippen LogP contribution in [0.15, 0.2) is 71.3 Å². The lowest BCUT2D eigenvalue weighted by molar-refractivity contribution is -0.116. The molecule has 4 rings (SSSR count). The third-order valence-corrected chi connectivity index (χ3v) is 4.95. The number of carbonyl (C=O) groups excluding carboxylic acids is 2. The van der Waals surface area contributed by atoms with E-state index in [2.05, 4.69) is 17.4 Å². The summed E-state index contributed by atoms with van der Waals surface area (Å²) in [5.41, 5.74) is 3.95. The number of amides is 2. The van der Waals surface area contributed by atoms with Crippen LogP contribution in [0.5, 0.6) is 0 Å². The average Bonchev–Trinajstić information content (AvgIpc) is 3.38. The maximum atomic E-state index is 12.5. The lowest BCUT2D eigenvalue weighted by atomic mass is 10.1. The van der Waals surface area contributed by atoms with Gasteiger partial charge in [0.05, 0.1) is 6.26 Å². The van der Waals surface area contributed by atoms with Crippen LogP contribution in [-0.4, -0.2) is 18.4 Å². The number of nitrogens with zero attached hydrogens (tertiary/aromatic N) is 1. The van der Waals surface area contributed by atoms with Gasteiger partial charge < -0.3 is 14.6 Å². The summed E-state index contributed by atoms with van der Waals surface area (Å²) in [5.74, 6) is 0.211. The van der Waals surface area contributed by atoms with Crippen LogP contribution in [0.1, 0.15) is 34.5 Å². The first-order valence-electron chi connectivity index (χ1n) is 9.53. The molecule has 1 aliphatic heterocycles. The van der Waals surface area contributed by atoms with Gasteiger partial charge in [0, 0.05) is 24.3 Å². The standard InChI is InChI=1S/C23H22N2O3/c26-22(10-4-8-17-6-2-1-3-7-17)24-19-11-12-20-18(16-19)13-14-25(20)23(27)21-9-5-15-28-21/h1-3,5-7,9,11-12,15-16H,4,8,10,13-14H2,(H,24,26). The Kier molecular flexibility index (Phi) is 5.24. The van der Waals surface area contributed by atoms with Crippen LogP contribution in [0.25, 0.3) is 0 Å². The van der Waals surface area contributed by atoms with Crippen molar-refractivity contribution in [2.75, 3.05) is 16.8 Å². The van der Waals surface area contributed by atoms with Crippen molar-refractivity contribution in [3.8, 4) is 0 Å². The molecule has 0 saturated carbocycles. The van der Waals surface area contributed by atoms with Gasteiger partial charge in [-0.3, -0.25) is 9.59 Å². The number of benzene rings is 2. The highest BCUT2D eigenvalue weighted by atomic mass is 16.3. The smallest absolute Gasteiger partial charge is 0.293 e. The second-order valence-corrected chi connectivity index (χ2v) is 6.91. The highest BCUT2D eigenvalue weighted by Crippen LogP contribution is 2.31. The fraction of sp³-hybridized carbons (Fsp3) is 0.217. The predicted octanol–water partition coefficient (Wildman–Crippen LogP) is 4.44. The van der Waals surface area contributed by atoms with Crippen molar-refractivity contribution < 1.29 is 14.0 Å². The number of fused-ring (bicyclic) bond motifs is 1. The topological polar surface area (TPSA) is 62.6 Å². The predicted molar refractivity (Wildman–Crippen MR) is 109 cm³/mol. The monoisotopic (exact) mass is 374 g/mol. The van der Waals surface area contributed by atoms with E-state index in [0.29, 0.717) is 18.7 Å². The van der Waals surface area contributed by atoms with Gasteiger partial charge >= 0.3 is 0 Å². The quantitative estimate of drug-likeness (QED) is 0.694. The van der Waals surface area contributed by atoms with E-state index in [0.717, 1.165) is 36.2 Å². The van der Waals surface area contributed by atoms with Crippen molar-refractivity contribution in [3.63, 3.8) is 0 Å². The SMILES string of the molecule is O=C(CCCc1ccccc1)Nc1ccc2c(c1)CCN2C(=O)c1ccco1. The molecule has 0 saturated heterocycles. The van der Waals surface area contributed by atoms with Crippen LogP contribution >= 0.6 is 0 Å². The number of anilines is 2. The fourth-order valence-corrected chi connectivity index (χ4v) is 3.54. The number of furan rings is 1. The first kappa shape index (κ1) is 18.0. The summed E-state index contributed by atoms with van der Waals surface area (Å²) in [4.78, 5) is 26.5. The van der Waals surface area contributed by atoms with E-state index in [9.17, 15) is 9.59 Å². The average molecular weight is 374 g/mol. The van der Waals surface area contributed by atoms with Gasteiger partial charge in [-0.05, 0) is 60.7 Å². The van der Waals surface area contributed by atoms with E-state index in [-0.39, 0.29) is 11.8 Å². The number of aryl methyl sites for hydroxylation is 1. The molecule has 142 valence electrons. The Bertz CT molecular complexity index is 965. The summed E-state index contributed by atoms with van der Waals surface area (Å²) in [6.07, 6.45) is 4.45.